The van der Waals surface area contributed by atoms with Crippen molar-refractivity contribution in [2.75, 3.05) is 5.32 Å². The molecule has 0 spiro atoms. The monoisotopic (exact) mass is 492 g/mol. The Morgan fingerprint density at radius 2 is 1.49 bits per heavy atom. The van der Waals surface area contributed by atoms with Gasteiger partial charge in [0, 0.05) is 24.2 Å². The van der Waals surface area contributed by atoms with E-state index >= 15 is 0 Å². The maximum atomic E-state index is 12.7. The lowest BCUT2D eigenvalue weighted by atomic mass is 10.1. The molecule has 0 radical (unpaired) electrons. The van der Waals surface area contributed by atoms with Crippen molar-refractivity contribution in [1.29, 1.82) is 0 Å². The van der Waals surface area contributed by atoms with Gasteiger partial charge in [-0.05, 0) is 46.5 Å². The Balaban J connectivity index is 1.09. The zero-order valence-corrected chi connectivity index (χ0v) is 20.4. The maximum Gasteiger partial charge on any atom is 0.265 e. The van der Waals surface area contributed by atoms with Crippen LogP contribution in [-0.4, -0.2) is 17.9 Å². The van der Waals surface area contributed by atoms with E-state index in [-0.39, 0.29) is 11.8 Å². The molecule has 4 aromatic carbocycles. The highest BCUT2D eigenvalue weighted by Crippen LogP contribution is 2.28. The van der Waals surface area contributed by atoms with E-state index in [0.29, 0.717) is 37.4 Å². The van der Waals surface area contributed by atoms with Gasteiger partial charge in [0.2, 0.25) is 0 Å². The maximum absolute atomic E-state index is 12.7. The molecule has 0 saturated carbocycles. The van der Waals surface area contributed by atoms with E-state index in [4.69, 9.17) is 9.47 Å². The highest BCUT2D eigenvalue weighted by Gasteiger charge is 2.28. The zero-order chi connectivity index (χ0) is 25.5. The third kappa shape index (κ3) is 6.42. The van der Waals surface area contributed by atoms with E-state index < -0.39 is 6.10 Å². The van der Waals surface area contributed by atoms with E-state index in [2.05, 4.69) is 10.6 Å². The quantitative estimate of drug-likeness (QED) is 0.334. The van der Waals surface area contributed by atoms with Crippen LogP contribution in [0.1, 0.15) is 32.6 Å². The summed E-state index contributed by atoms with van der Waals surface area (Å²) >= 11 is 0. The fourth-order valence-electron chi connectivity index (χ4n) is 4.19. The Morgan fingerprint density at radius 3 is 2.27 bits per heavy atom. The smallest absolute Gasteiger partial charge is 0.265 e. The summed E-state index contributed by atoms with van der Waals surface area (Å²) in [6.07, 6.45) is -0.0540. The predicted molar refractivity (Wildman–Crippen MR) is 142 cm³/mol. The van der Waals surface area contributed by atoms with Gasteiger partial charge in [-0.25, -0.2) is 0 Å². The number of ether oxygens (including phenoxy) is 2. The molecule has 1 unspecified atom stereocenters. The highest BCUT2D eigenvalue weighted by molar-refractivity contribution is 5.98. The van der Waals surface area contributed by atoms with E-state index in [9.17, 15) is 9.59 Å². The second-order valence-electron chi connectivity index (χ2n) is 8.97. The molecule has 2 N–H and O–H groups in total. The first kappa shape index (κ1) is 24.3. The summed E-state index contributed by atoms with van der Waals surface area (Å²) in [5.74, 6) is 0.293. The van der Waals surface area contributed by atoms with Gasteiger partial charge in [0.15, 0.2) is 6.10 Å². The van der Waals surface area contributed by atoms with Crippen LogP contribution in [-0.2, 0) is 35.7 Å². The summed E-state index contributed by atoms with van der Waals surface area (Å²) in [6.45, 7) is 1.49. The molecule has 6 nitrogen and oxygen atoms in total. The normalized spacial score (nSPS) is 13.9. The van der Waals surface area contributed by atoms with Crippen LogP contribution in [0, 0.1) is 0 Å². The van der Waals surface area contributed by atoms with Crippen molar-refractivity contribution in [1.82, 2.24) is 5.32 Å². The van der Waals surface area contributed by atoms with Crippen LogP contribution in [0.25, 0.3) is 0 Å². The Kier molecular flexibility index (Phi) is 7.58. The lowest BCUT2D eigenvalue weighted by molar-refractivity contribution is -0.122. The lowest BCUT2D eigenvalue weighted by Crippen LogP contribution is -2.31. The summed E-state index contributed by atoms with van der Waals surface area (Å²) in [6, 6.07) is 32.6. The Bertz CT molecular complexity index is 1340. The third-order valence-electron chi connectivity index (χ3n) is 6.19. The number of carbonyl (C=O) groups is 2. The van der Waals surface area contributed by atoms with Crippen molar-refractivity contribution in [3.05, 3.63) is 131 Å². The summed E-state index contributed by atoms with van der Waals surface area (Å²) < 4.78 is 11.5. The third-order valence-corrected chi connectivity index (χ3v) is 6.19. The Morgan fingerprint density at radius 1 is 0.784 bits per heavy atom. The number of nitrogens with one attached hydrogen (secondary N) is 2. The SMILES string of the molecule is O=C(NCc1ccc(COCc2ccccc2)cc1)c1cccc(NC(=O)C2Cc3ccccc3O2)c1. The lowest BCUT2D eigenvalue weighted by Gasteiger charge is -2.12. The molecule has 1 aliphatic rings. The molecule has 186 valence electrons. The van der Waals surface area contributed by atoms with Gasteiger partial charge in [0.1, 0.15) is 5.75 Å². The topological polar surface area (TPSA) is 76.7 Å². The molecular weight excluding hydrogens is 464 g/mol. The summed E-state index contributed by atoms with van der Waals surface area (Å²) in [4.78, 5) is 25.4. The van der Waals surface area contributed by atoms with Crippen LogP contribution in [0.15, 0.2) is 103 Å². The molecule has 0 aliphatic carbocycles. The molecule has 6 heteroatoms. The number of anilines is 1. The first-order chi connectivity index (χ1) is 18.1. The molecule has 0 saturated heterocycles. The van der Waals surface area contributed by atoms with E-state index in [1.54, 1.807) is 24.3 Å². The minimum Gasteiger partial charge on any atom is -0.480 e. The fourth-order valence-corrected chi connectivity index (χ4v) is 4.19. The van der Waals surface area contributed by atoms with Gasteiger partial charge in [-0.3, -0.25) is 9.59 Å². The molecule has 2 amide bonds. The minimum atomic E-state index is -0.582. The van der Waals surface area contributed by atoms with Crippen LogP contribution in [0.3, 0.4) is 0 Å². The van der Waals surface area contributed by atoms with Gasteiger partial charge >= 0.3 is 0 Å². The number of para-hydroxylation sites is 1. The predicted octanol–water partition coefficient (Wildman–Crippen LogP) is 5.28. The van der Waals surface area contributed by atoms with E-state index in [0.717, 1.165) is 28.0 Å². The van der Waals surface area contributed by atoms with Gasteiger partial charge in [0.05, 0.1) is 13.2 Å². The summed E-state index contributed by atoms with van der Waals surface area (Å²) in [5, 5.41) is 5.80. The largest absolute Gasteiger partial charge is 0.480 e. The van der Waals surface area contributed by atoms with Gasteiger partial charge in [-0.15, -0.1) is 0 Å². The van der Waals surface area contributed by atoms with Gasteiger partial charge in [-0.1, -0.05) is 78.9 Å². The average molecular weight is 493 g/mol. The van der Waals surface area contributed by atoms with Gasteiger partial charge in [0.25, 0.3) is 11.8 Å². The molecule has 0 bridgehead atoms. The number of hydrogen-bond donors (Lipinski definition) is 2. The minimum absolute atomic E-state index is 0.212. The second-order valence-corrected chi connectivity index (χ2v) is 8.97. The molecule has 0 fully saturated rings. The van der Waals surface area contributed by atoms with Gasteiger partial charge in [-0.2, -0.15) is 0 Å². The summed E-state index contributed by atoms with van der Waals surface area (Å²) in [5.41, 5.74) is 5.24. The molecule has 37 heavy (non-hydrogen) atoms. The van der Waals surface area contributed by atoms with Crippen molar-refractivity contribution in [2.45, 2.75) is 32.3 Å². The van der Waals surface area contributed by atoms with Crippen molar-refractivity contribution < 1.29 is 19.1 Å². The number of amides is 2. The zero-order valence-electron chi connectivity index (χ0n) is 20.4. The van der Waals surface area contributed by atoms with Crippen molar-refractivity contribution in [2.24, 2.45) is 0 Å². The number of benzene rings is 4. The molecule has 1 heterocycles. The Labute approximate surface area is 216 Å². The first-order valence-electron chi connectivity index (χ1n) is 12.3. The van der Waals surface area contributed by atoms with Crippen molar-refractivity contribution >= 4 is 17.5 Å². The number of carbonyl (C=O) groups excluding carboxylic acids is 2. The number of hydrogen-bond acceptors (Lipinski definition) is 4. The van der Waals surface area contributed by atoms with E-state index in [1.165, 1.54) is 0 Å². The molecule has 5 rings (SSSR count). The summed E-state index contributed by atoms with van der Waals surface area (Å²) in [7, 11) is 0. The van der Waals surface area contributed by atoms with Crippen molar-refractivity contribution in [3.63, 3.8) is 0 Å². The van der Waals surface area contributed by atoms with Crippen LogP contribution in [0.4, 0.5) is 5.69 Å². The Hall–Kier alpha value is -4.42. The second kappa shape index (κ2) is 11.5. The van der Waals surface area contributed by atoms with Crippen LogP contribution < -0.4 is 15.4 Å². The molecule has 1 aliphatic heterocycles. The molecule has 0 aromatic heterocycles. The molecule has 4 aromatic rings. The number of fused-ring (bicyclic) bond motifs is 1. The highest BCUT2D eigenvalue weighted by atomic mass is 16.5. The average Bonchev–Trinajstić information content (AvgIpc) is 3.38. The van der Waals surface area contributed by atoms with Crippen LogP contribution in [0.2, 0.25) is 0 Å². The first-order valence-corrected chi connectivity index (χ1v) is 12.3. The van der Waals surface area contributed by atoms with Crippen LogP contribution >= 0.6 is 0 Å². The molecule has 1 atom stereocenters. The van der Waals surface area contributed by atoms with Gasteiger partial charge < -0.3 is 20.1 Å². The number of rotatable bonds is 9. The molecular formula is C31H28N2O4. The van der Waals surface area contributed by atoms with Crippen molar-refractivity contribution in [3.8, 4) is 5.75 Å². The van der Waals surface area contributed by atoms with Crippen LogP contribution in [0.5, 0.6) is 5.75 Å². The van der Waals surface area contributed by atoms with E-state index in [1.807, 2.05) is 78.9 Å². The standard InChI is InChI=1S/C31H28N2O4/c34-30(32-19-22-13-15-24(16-14-22)21-36-20-23-7-2-1-3-8-23)26-10-6-11-27(17-26)33-31(35)29-18-25-9-4-5-12-28(25)37-29/h1-17,29H,18-21H2,(H,32,34)(H,33,35). The fraction of sp³-hybridized carbons (Fsp3) is 0.161.